The standard InChI is InChI=1S/C30H49N3O10/c34-29(35)6-10-37-14-18-41-20-21-42-19-17-40-13-9-33-24-27-22-28(33)23-32(27)8-12-39-16-15-38-11-7-31-30(36)43-25-26-4-2-1-3-5-26/h1-5,27-28H,6-25H2,(H,31,36)(H,34,35)/t27-,28-/m0/s1. The van der Waals surface area contributed by atoms with Crippen LogP contribution in [-0.2, 0) is 44.6 Å². The van der Waals surface area contributed by atoms with Crippen molar-refractivity contribution in [3.8, 4) is 0 Å². The minimum absolute atomic E-state index is 0.00732. The largest absolute Gasteiger partial charge is 0.481 e. The van der Waals surface area contributed by atoms with Crippen LogP contribution in [0.5, 0.6) is 0 Å². The number of likely N-dealkylation sites (tertiary alicyclic amines) is 2. The van der Waals surface area contributed by atoms with Crippen LogP contribution >= 0.6 is 0 Å². The molecule has 13 heteroatoms. The molecule has 2 heterocycles. The Morgan fingerprint density at radius 1 is 0.698 bits per heavy atom. The van der Waals surface area contributed by atoms with Crippen molar-refractivity contribution in [2.75, 3.05) is 112 Å². The van der Waals surface area contributed by atoms with Gasteiger partial charge in [0.25, 0.3) is 0 Å². The Balaban J connectivity index is 1.03. The predicted molar refractivity (Wildman–Crippen MR) is 157 cm³/mol. The molecule has 2 saturated heterocycles. The van der Waals surface area contributed by atoms with Gasteiger partial charge in [-0.15, -0.1) is 0 Å². The molecule has 2 aliphatic rings. The van der Waals surface area contributed by atoms with E-state index < -0.39 is 12.1 Å². The van der Waals surface area contributed by atoms with E-state index in [-0.39, 0.29) is 19.6 Å². The summed E-state index contributed by atoms with van der Waals surface area (Å²) in [5.41, 5.74) is 0.950. The number of nitrogens with one attached hydrogen (secondary N) is 1. The first-order valence-corrected chi connectivity index (χ1v) is 15.2. The summed E-state index contributed by atoms with van der Waals surface area (Å²) in [5.74, 6) is -0.865. The highest BCUT2D eigenvalue weighted by molar-refractivity contribution is 5.67. The maximum Gasteiger partial charge on any atom is 0.407 e. The Morgan fingerprint density at radius 2 is 1.19 bits per heavy atom. The lowest BCUT2D eigenvalue weighted by atomic mass is 10.2. The van der Waals surface area contributed by atoms with Crippen LogP contribution in [0.4, 0.5) is 4.79 Å². The van der Waals surface area contributed by atoms with E-state index >= 15 is 0 Å². The van der Waals surface area contributed by atoms with Gasteiger partial charge in [-0.2, -0.15) is 0 Å². The summed E-state index contributed by atoms with van der Waals surface area (Å²) in [6.45, 7) is 10.6. The van der Waals surface area contributed by atoms with E-state index in [1.54, 1.807) is 0 Å². The van der Waals surface area contributed by atoms with Gasteiger partial charge in [0.05, 0.1) is 85.7 Å². The summed E-state index contributed by atoms with van der Waals surface area (Å²) in [4.78, 5) is 27.1. The lowest BCUT2D eigenvalue weighted by molar-refractivity contribution is -0.138. The summed E-state index contributed by atoms with van der Waals surface area (Å²) >= 11 is 0. The second-order valence-electron chi connectivity index (χ2n) is 10.3. The third kappa shape index (κ3) is 15.8. The molecule has 1 aromatic carbocycles. The Morgan fingerprint density at radius 3 is 1.70 bits per heavy atom. The molecule has 2 fully saturated rings. The number of rotatable bonds is 26. The van der Waals surface area contributed by atoms with Gasteiger partial charge < -0.3 is 43.6 Å². The number of ether oxygens (including phenoxy) is 7. The van der Waals surface area contributed by atoms with Crippen LogP contribution in [0.2, 0.25) is 0 Å². The maximum absolute atomic E-state index is 11.7. The van der Waals surface area contributed by atoms with Crippen molar-refractivity contribution in [1.29, 1.82) is 0 Å². The van der Waals surface area contributed by atoms with E-state index in [2.05, 4.69) is 15.1 Å². The number of alkyl carbamates (subject to hydrolysis) is 1. The Labute approximate surface area is 254 Å². The van der Waals surface area contributed by atoms with Crippen molar-refractivity contribution in [2.24, 2.45) is 0 Å². The third-order valence-corrected chi connectivity index (χ3v) is 7.19. The first-order chi connectivity index (χ1) is 21.1. The highest BCUT2D eigenvalue weighted by atomic mass is 16.6. The van der Waals surface area contributed by atoms with Gasteiger partial charge in [-0.05, 0) is 12.0 Å². The van der Waals surface area contributed by atoms with E-state index in [1.165, 1.54) is 6.42 Å². The molecular weight excluding hydrogens is 562 g/mol. The van der Waals surface area contributed by atoms with Crippen molar-refractivity contribution in [3.05, 3.63) is 35.9 Å². The van der Waals surface area contributed by atoms with Crippen molar-refractivity contribution in [2.45, 2.75) is 31.5 Å². The molecule has 0 unspecified atom stereocenters. The molecule has 2 N–H and O–H groups in total. The molecule has 1 aromatic rings. The molecule has 0 aliphatic carbocycles. The zero-order valence-electron chi connectivity index (χ0n) is 25.2. The number of fused-ring (bicyclic) bond motifs is 2. The van der Waals surface area contributed by atoms with Gasteiger partial charge in [0.15, 0.2) is 0 Å². The number of nitrogens with zero attached hydrogens (tertiary/aromatic N) is 2. The van der Waals surface area contributed by atoms with Crippen molar-refractivity contribution in [1.82, 2.24) is 15.1 Å². The molecule has 2 bridgehead atoms. The third-order valence-electron chi connectivity index (χ3n) is 7.19. The lowest BCUT2D eigenvalue weighted by Crippen LogP contribution is -2.48. The number of hydrogen-bond donors (Lipinski definition) is 2. The fourth-order valence-electron chi connectivity index (χ4n) is 4.99. The number of piperazine rings is 1. The highest BCUT2D eigenvalue weighted by Gasteiger charge is 2.42. The topological polar surface area (TPSA) is 137 Å². The van der Waals surface area contributed by atoms with Crippen LogP contribution in [0.3, 0.4) is 0 Å². The molecule has 1 amide bonds. The molecule has 244 valence electrons. The van der Waals surface area contributed by atoms with Crippen molar-refractivity contribution >= 4 is 12.1 Å². The second kappa shape index (κ2) is 22.2. The smallest absolute Gasteiger partial charge is 0.407 e. The minimum atomic E-state index is -0.865. The van der Waals surface area contributed by atoms with Crippen LogP contribution in [0.15, 0.2) is 30.3 Å². The molecule has 0 saturated carbocycles. The fourth-order valence-corrected chi connectivity index (χ4v) is 4.99. The number of carboxylic acid groups (broad SMARTS) is 1. The van der Waals surface area contributed by atoms with E-state index in [4.69, 9.17) is 38.3 Å². The van der Waals surface area contributed by atoms with Gasteiger partial charge in [0, 0.05) is 44.8 Å². The second-order valence-corrected chi connectivity index (χ2v) is 10.3. The van der Waals surface area contributed by atoms with Gasteiger partial charge in [-0.1, -0.05) is 30.3 Å². The van der Waals surface area contributed by atoms with Crippen LogP contribution in [-0.4, -0.2) is 151 Å². The average molecular weight is 612 g/mol. The minimum Gasteiger partial charge on any atom is -0.481 e. The van der Waals surface area contributed by atoms with Gasteiger partial charge >= 0.3 is 12.1 Å². The van der Waals surface area contributed by atoms with E-state index in [0.717, 1.165) is 31.7 Å². The van der Waals surface area contributed by atoms with E-state index in [0.29, 0.717) is 91.3 Å². The normalized spacial score (nSPS) is 18.3. The lowest BCUT2D eigenvalue weighted by Gasteiger charge is -2.34. The number of hydrogen-bond acceptors (Lipinski definition) is 11. The van der Waals surface area contributed by atoms with Crippen LogP contribution in [0.1, 0.15) is 18.4 Å². The Bertz CT molecular complexity index is 881. The van der Waals surface area contributed by atoms with Gasteiger partial charge in [0.2, 0.25) is 0 Å². The Hall–Kier alpha value is -2.36. The summed E-state index contributed by atoms with van der Waals surface area (Å²) in [7, 11) is 0. The van der Waals surface area contributed by atoms with Gasteiger partial charge in [0.1, 0.15) is 6.61 Å². The van der Waals surface area contributed by atoms with Crippen LogP contribution < -0.4 is 5.32 Å². The number of carboxylic acids is 1. The quantitative estimate of drug-likeness (QED) is 0.146. The monoisotopic (exact) mass is 611 g/mol. The first-order valence-electron chi connectivity index (χ1n) is 15.2. The highest BCUT2D eigenvalue weighted by Crippen LogP contribution is 2.29. The van der Waals surface area contributed by atoms with Crippen LogP contribution in [0.25, 0.3) is 0 Å². The van der Waals surface area contributed by atoms with Crippen LogP contribution in [0, 0.1) is 0 Å². The number of carbonyl (C=O) groups excluding carboxylic acids is 1. The first kappa shape index (κ1) is 35.1. The fraction of sp³-hybridized carbons (Fsp3) is 0.733. The maximum atomic E-state index is 11.7. The van der Waals surface area contributed by atoms with Gasteiger partial charge in [-0.25, -0.2) is 4.79 Å². The summed E-state index contributed by atoms with van der Waals surface area (Å²) < 4.78 is 38.2. The molecule has 3 rings (SSSR count). The van der Waals surface area contributed by atoms with Crippen molar-refractivity contribution in [3.63, 3.8) is 0 Å². The molecular formula is C30H49N3O10. The average Bonchev–Trinajstić information content (AvgIpc) is 3.60. The zero-order valence-corrected chi connectivity index (χ0v) is 25.2. The summed E-state index contributed by atoms with van der Waals surface area (Å²) in [6, 6.07) is 10.7. The van der Waals surface area contributed by atoms with E-state index in [9.17, 15) is 9.59 Å². The molecule has 13 nitrogen and oxygen atoms in total. The zero-order chi connectivity index (χ0) is 30.4. The molecule has 0 radical (unpaired) electrons. The number of carbonyl (C=O) groups is 2. The summed E-state index contributed by atoms with van der Waals surface area (Å²) in [6.07, 6.45) is 0.764. The molecule has 0 spiro atoms. The SMILES string of the molecule is O=C(O)CCOCCOCCOCCOCCN1C[C@@H]2C[C@H]1CN2CCOCCOCCNC(=O)OCc1ccccc1. The van der Waals surface area contributed by atoms with E-state index in [1.807, 2.05) is 30.3 Å². The molecule has 2 aliphatic heterocycles. The van der Waals surface area contributed by atoms with Crippen molar-refractivity contribution < 1.29 is 47.9 Å². The molecule has 2 atom stereocenters. The number of amides is 1. The molecule has 0 aromatic heterocycles. The number of aliphatic carboxylic acids is 1. The van der Waals surface area contributed by atoms with Gasteiger partial charge in [-0.3, -0.25) is 14.6 Å². The molecule has 43 heavy (non-hydrogen) atoms. The number of benzene rings is 1. The Kier molecular flexibility index (Phi) is 18.1. The summed E-state index contributed by atoms with van der Waals surface area (Å²) in [5, 5.41) is 11.2. The predicted octanol–water partition coefficient (Wildman–Crippen LogP) is 1.25.